The topological polar surface area (TPSA) is 73.5 Å². The van der Waals surface area contributed by atoms with Gasteiger partial charge < -0.3 is 10.2 Å². The molecule has 1 aliphatic carbocycles. The predicted molar refractivity (Wildman–Crippen MR) is 98.7 cm³/mol. The van der Waals surface area contributed by atoms with Crippen molar-refractivity contribution in [2.24, 2.45) is 11.8 Å². The zero-order valence-corrected chi connectivity index (χ0v) is 15.6. The van der Waals surface area contributed by atoms with Crippen LogP contribution in [-0.4, -0.2) is 41.4 Å². The Labute approximate surface area is 158 Å². The van der Waals surface area contributed by atoms with E-state index in [1.165, 1.54) is 18.6 Å². The first-order valence-corrected chi connectivity index (χ1v) is 9.83. The van der Waals surface area contributed by atoms with Crippen LogP contribution in [0.4, 0.5) is 4.39 Å². The Morgan fingerprint density at radius 3 is 3.00 bits per heavy atom. The fourth-order valence-electron chi connectivity index (χ4n) is 4.70. The average molecular weight is 374 g/mol. The molecular formula is C20H27FN4O2. The minimum atomic E-state index is -0.305. The molecule has 146 valence electrons. The fraction of sp³-hybridized carbons (Fsp3) is 0.600. The molecule has 5 atom stereocenters. The van der Waals surface area contributed by atoms with Crippen LogP contribution in [0.1, 0.15) is 38.2 Å². The van der Waals surface area contributed by atoms with Gasteiger partial charge in [0.25, 0.3) is 0 Å². The van der Waals surface area contributed by atoms with Crippen LogP contribution >= 0.6 is 0 Å². The first kappa shape index (κ1) is 18.4. The van der Waals surface area contributed by atoms with Crippen LogP contribution in [0.5, 0.6) is 0 Å². The van der Waals surface area contributed by atoms with Crippen LogP contribution < -0.4 is 16.2 Å². The van der Waals surface area contributed by atoms with Crippen LogP contribution in [0.3, 0.4) is 0 Å². The number of hydrazine groups is 1. The predicted octanol–water partition coefficient (Wildman–Crippen LogP) is 1.32. The molecule has 0 spiro atoms. The molecule has 2 heterocycles. The molecule has 4 rings (SSSR count). The summed E-state index contributed by atoms with van der Waals surface area (Å²) in [6.07, 6.45) is 3.62. The highest BCUT2D eigenvalue weighted by atomic mass is 19.1. The van der Waals surface area contributed by atoms with Crippen molar-refractivity contribution in [2.75, 3.05) is 6.54 Å². The van der Waals surface area contributed by atoms with E-state index in [1.807, 2.05) is 0 Å². The zero-order valence-electron chi connectivity index (χ0n) is 15.6. The lowest BCUT2D eigenvalue weighted by molar-refractivity contribution is -0.128. The Kier molecular flexibility index (Phi) is 5.14. The molecule has 6 nitrogen and oxygen atoms in total. The molecule has 2 amide bonds. The smallest absolute Gasteiger partial charge is 0.239 e. The minimum Gasteiger partial charge on any atom is -0.350 e. The van der Waals surface area contributed by atoms with Gasteiger partial charge in [0.05, 0.1) is 6.04 Å². The molecule has 5 unspecified atom stereocenters. The standard InChI is InChI=1S/C20H27FN4O2/c1-12-5-6-17-16(7-12)19(24-23-17)20(27)22-15-9-18(26)25(11-15)10-13-3-2-4-14(21)8-13/h2-4,8,12,15-17,19,23-24H,5-7,9-11H2,1H3,(H,22,27). The lowest BCUT2D eigenvalue weighted by Crippen LogP contribution is -2.49. The third kappa shape index (κ3) is 3.99. The molecule has 0 bridgehead atoms. The van der Waals surface area contributed by atoms with Crippen molar-refractivity contribution in [3.8, 4) is 0 Å². The largest absolute Gasteiger partial charge is 0.350 e. The Morgan fingerprint density at radius 2 is 2.19 bits per heavy atom. The second kappa shape index (κ2) is 7.56. The molecule has 1 saturated carbocycles. The summed E-state index contributed by atoms with van der Waals surface area (Å²) in [5.41, 5.74) is 7.19. The van der Waals surface area contributed by atoms with Gasteiger partial charge in [-0.05, 0) is 42.9 Å². The normalized spacial score (nSPS) is 33.2. The molecule has 0 aromatic heterocycles. The summed E-state index contributed by atoms with van der Waals surface area (Å²) in [7, 11) is 0. The molecule has 2 saturated heterocycles. The van der Waals surface area contributed by atoms with Crippen LogP contribution in [-0.2, 0) is 16.1 Å². The second-order valence-corrected chi connectivity index (χ2v) is 8.27. The number of benzene rings is 1. The summed E-state index contributed by atoms with van der Waals surface area (Å²) in [6, 6.07) is 6.20. The molecular weight excluding hydrogens is 347 g/mol. The van der Waals surface area contributed by atoms with E-state index < -0.39 is 0 Å². The number of fused-ring (bicyclic) bond motifs is 1. The fourth-order valence-corrected chi connectivity index (χ4v) is 4.70. The first-order valence-electron chi connectivity index (χ1n) is 9.83. The number of hydrogen-bond donors (Lipinski definition) is 3. The Bertz CT molecular complexity index is 728. The van der Waals surface area contributed by atoms with Crippen molar-refractivity contribution in [3.05, 3.63) is 35.6 Å². The minimum absolute atomic E-state index is 0.00812. The van der Waals surface area contributed by atoms with Gasteiger partial charge in [0.2, 0.25) is 11.8 Å². The number of hydrogen-bond acceptors (Lipinski definition) is 4. The number of nitrogens with zero attached hydrogens (tertiary/aromatic N) is 1. The maximum absolute atomic E-state index is 13.3. The van der Waals surface area contributed by atoms with Crippen LogP contribution in [0.2, 0.25) is 0 Å². The highest BCUT2D eigenvalue weighted by Gasteiger charge is 2.43. The maximum atomic E-state index is 13.3. The van der Waals surface area contributed by atoms with Gasteiger partial charge in [-0.3, -0.25) is 15.0 Å². The molecule has 1 aromatic carbocycles. The zero-order chi connectivity index (χ0) is 19.0. The molecule has 1 aromatic rings. The Morgan fingerprint density at radius 1 is 1.33 bits per heavy atom. The van der Waals surface area contributed by atoms with E-state index in [4.69, 9.17) is 0 Å². The summed E-state index contributed by atoms with van der Waals surface area (Å²) < 4.78 is 13.3. The number of halogens is 1. The highest BCUT2D eigenvalue weighted by Crippen LogP contribution is 2.33. The quantitative estimate of drug-likeness (QED) is 0.743. The third-order valence-electron chi connectivity index (χ3n) is 6.12. The maximum Gasteiger partial charge on any atom is 0.239 e. The molecule has 3 N–H and O–H groups in total. The molecule has 3 fully saturated rings. The van der Waals surface area contributed by atoms with E-state index in [9.17, 15) is 14.0 Å². The van der Waals surface area contributed by atoms with E-state index in [0.717, 1.165) is 18.4 Å². The first-order chi connectivity index (χ1) is 13.0. The molecule has 0 radical (unpaired) electrons. The van der Waals surface area contributed by atoms with Gasteiger partial charge in [0, 0.05) is 31.5 Å². The summed E-state index contributed by atoms with van der Waals surface area (Å²) in [5.74, 6) is 0.591. The molecule has 27 heavy (non-hydrogen) atoms. The Balaban J connectivity index is 1.33. The van der Waals surface area contributed by atoms with Gasteiger partial charge in [0.15, 0.2) is 0 Å². The van der Waals surface area contributed by atoms with Crippen LogP contribution in [0.15, 0.2) is 24.3 Å². The van der Waals surface area contributed by atoms with Crippen molar-refractivity contribution in [2.45, 2.75) is 57.3 Å². The second-order valence-electron chi connectivity index (χ2n) is 8.27. The van der Waals surface area contributed by atoms with Gasteiger partial charge in [0.1, 0.15) is 11.9 Å². The number of nitrogens with one attached hydrogen (secondary N) is 3. The van der Waals surface area contributed by atoms with E-state index in [1.54, 1.807) is 17.0 Å². The SMILES string of the molecule is CC1CCC2NNC(C(=O)NC3CC(=O)N(Cc4cccc(F)c4)C3)C2C1. The summed E-state index contributed by atoms with van der Waals surface area (Å²) in [6.45, 7) is 3.07. The lowest BCUT2D eigenvalue weighted by atomic mass is 9.76. The van der Waals surface area contributed by atoms with E-state index in [2.05, 4.69) is 23.1 Å². The van der Waals surface area contributed by atoms with Crippen molar-refractivity contribution in [1.29, 1.82) is 0 Å². The number of carbonyl (C=O) groups excluding carboxylic acids is 2. The molecule has 3 aliphatic rings. The van der Waals surface area contributed by atoms with E-state index >= 15 is 0 Å². The third-order valence-corrected chi connectivity index (χ3v) is 6.12. The van der Waals surface area contributed by atoms with Crippen molar-refractivity contribution < 1.29 is 14.0 Å². The van der Waals surface area contributed by atoms with Crippen LogP contribution in [0, 0.1) is 17.7 Å². The molecule has 7 heteroatoms. The number of rotatable bonds is 4. The average Bonchev–Trinajstić information content (AvgIpc) is 3.18. The Hall–Kier alpha value is -1.99. The number of amides is 2. The number of carbonyl (C=O) groups is 2. The summed E-state index contributed by atoms with van der Waals surface area (Å²) in [4.78, 5) is 26.8. The van der Waals surface area contributed by atoms with Crippen LogP contribution in [0.25, 0.3) is 0 Å². The summed E-state index contributed by atoms with van der Waals surface area (Å²) in [5, 5.41) is 3.05. The number of likely N-dealkylation sites (tertiary alicyclic amines) is 1. The van der Waals surface area contributed by atoms with Crippen molar-refractivity contribution in [3.63, 3.8) is 0 Å². The van der Waals surface area contributed by atoms with Gasteiger partial charge in [-0.2, -0.15) is 0 Å². The van der Waals surface area contributed by atoms with Crippen molar-refractivity contribution >= 4 is 11.8 Å². The molecule has 2 aliphatic heterocycles. The van der Waals surface area contributed by atoms with Gasteiger partial charge in [-0.15, -0.1) is 0 Å². The van der Waals surface area contributed by atoms with E-state index in [0.29, 0.717) is 37.4 Å². The van der Waals surface area contributed by atoms with Gasteiger partial charge in [-0.1, -0.05) is 19.1 Å². The van der Waals surface area contributed by atoms with Gasteiger partial charge in [-0.25, -0.2) is 9.82 Å². The lowest BCUT2D eigenvalue weighted by Gasteiger charge is -2.31. The summed E-state index contributed by atoms with van der Waals surface area (Å²) >= 11 is 0. The highest BCUT2D eigenvalue weighted by molar-refractivity contribution is 5.85. The van der Waals surface area contributed by atoms with Crippen molar-refractivity contribution in [1.82, 2.24) is 21.1 Å². The van der Waals surface area contributed by atoms with E-state index in [-0.39, 0.29) is 29.7 Å². The van der Waals surface area contributed by atoms with Gasteiger partial charge >= 0.3 is 0 Å². The monoisotopic (exact) mass is 374 g/mol.